The first kappa shape index (κ1) is 30.7. The minimum atomic E-state index is -4.22. The first-order valence-corrected chi connectivity index (χ1v) is 14.8. The maximum absolute atomic E-state index is 13.9. The lowest BCUT2D eigenvalue weighted by molar-refractivity contribution is -0.139. The van der Waals surface area contributed by atoms with Crippen molar-refractivity contribution in [3.05, 3.63) is 86.3 Å². The fourth-order valence-corrected chi connectivity index (χ4v) is 6.25. The molecule has 0 aliphatic carbocycles. The lowest BCUT2D eigenvalue weighted by Gasteiger charge is -2.32. The number of anilines is 1. The Labute approximate surface area is 247 Å². The van der Waals surface area contributed by atoms with E-state index in [0.717, 1.165) is 9.87 Å². The van der Waals surface area contributed by atoms with Crippen molar-refractivity contribution in [3.63, 3.8) is 0 Å². The second-order valence-corrected chi connectivity index (χ2v) is 12.2. The van der Waals surface area contributed by atoms with Crippen LogP contribution in [0.15, 0.2) is 70.0 Å². The third-order valence-corrected chi connectivity index (χ3v) is 9.19. The van der Waals surface area contributed by atoms with Gasteiger partial charge in [0.15, 0.2) is 0 Å². The molecule has 208 valence electrons. The van der Waals surface area contributed by atoms with Gasteiger partial charge in [-0.05, 0) is 77.8 Å². The van der Waals surface area contributed by atoms with Gasteiger partial charge < -0.3 is 15.0 Å². The molecular weight excluding hydrogens is 629 g/mol. The standard InChI is InChI=1S/C27H28BrCl2N3O5S/c1-17-5-8-20(9-6-17)33(39(36,37)21-10-12-25(38-4)22(28)14-21)16-26(34)32(18(2)27(35)31-3)15-19-7-11-23(29)24(30)13-19/h5-14,18H,15-16H2,1-4H3,(H,31,35). The number of hydrogen-bond donors (Lipinski definition) is 1. The molecule has 39 heavy (non-hydrogen) atoms. The van der Waals surface area contributed by atoms with E-state index in [0.29, 0.717) is 31.5 Å². The summed E-state index contributed by atoms with van der Waals surface area (Å²) in [5.41, 5.74) is 1.84. The molecule has 0 saturated heterocycles. The smallest absolute Gasteiger partial charge is 0.264 e. The molecule has 12 heteroatoms. The van der Waals surface area contributed by atoms with E-state index in [1.54, 1.807) is 49.4 Å². The topological polar surface area (TPSA) is 96.0 Å². The van der Waals surface area contributed by atoms with Gasteiger partial charge in [-0.15, -0.1) is 0 Å². The summed E-state index contributed by atoms with van der Waals surface area (Å²) in [4.78, 5) is 27.6. The van der Waals surface area contributed by atoms with Crippen molar-refractivity contribution in [2.24, 2.45) is 0 Å². The van der Waals surface area contributed by atoms with Crippen molar-refractivity contribution in [1.82, 2.24) is 10.2 Å². The summed E-state index contributed by atoms with van der Waals surface area (Å²) in [5.74, 6) is -0.541. The third kappa shape index (κ3) is 7.25. The molecule has 1 unspecified atom stereocenters. The highest BCUT2D eigenvalue weighted by Crippen LogP contribution is 2.31. The molecule has 0 spiro atoms. The molecule has 0 saturated carbocycles. The van der Waals surface area contributed by atoms with Gasteiger partial charge in [-0.2, -0.15) is 0 Å². The highest BCUT2D eigenvalue weighted by molar-refractivity contribution is 9.10. The van der Waals surface area contributed by atoms with Crippen LogP contribution in [-0.4, -0.2) is 51.9 Å². The van der Waals surface area contributed by atoms with Crippen molar-refractivity contribution >= 4 is 66.7 Å². The van der Waals surface area contributed by atoms with Crippen LogP contribution in [0.2, 0.25) is 10.0 Å². The second-order valence-electron chi connectivity index (χ2n) is 8.70. The summed E-state index contributed by atoms with van der Waals surface area (Å²) in [6.07, 6.45) is 0. The molecule has 0 aliphatic heterocycles. The number of nitrogens with one attached hydrogen (secondary N) is 1. The van der Waals surface area contributed by atoms with Crippen LogP contribution in [-0.2, 0) is 26.2 Å². The van der Waals surface area contributed by atoms with E-state index in [1.165, 1.54) is 37.3 Å². The number of benzene rings is 3. The van der Waals surface area contributed by atoms with E-state index < -0.39 is 34.4 Å². The molecule has 3 rings (SSSR count). The van der Waals surface area contributed by atoms with Gasteiger partial charge in [0.2, 0.25) is 11.8 Å². The third-order valence-electron chi connectivity index (χ3n) is 6.06. The van der Waals surface area contributed by atoms with Crippen molar-refractivity contribution < 1.29 is 22.7 Å². The van der Waals surface area contributed by atoms with Crippen molar-refractivity contribution in [2.75, 3.05) is 25.0 Å². The summed E-state index contributed by atoms with van der Waals surface area (Å²) in [6, 6.07) is 15.1. The molecular formula is C27H28BrCl2N3O5S. The molecule has 0 aliphatic rings. The summed E-state index contributed by atoms with van der Waals surface area (Å²) in [6.45, 7) is 2.88. The average Bonchev–Trinajstić information content (AvgIpc) is 2.91. The van der Waals surface area contributed by atoms with Gasteiger partial charge in [0.1, 0.15) is 18.3 Å². The summed E-state index contributed by atoms with van der Waals surface area (Å²) >= 11 is 15.5. The van der Waals surface area contributed by atoms with Crippen molar-refractivity contribution in [1.29, 1.82) is 0 Å². The molecule has 3 aromatic carbocycles. The van der Waals surface area contributed by atoms with Crippen LogP contribution < -0.4 is 14.4 Å². The summed E-state index contributed by atoms with van der Waals surface area (Å²) < 4.78 is 34.5. The number of halogens is 3. The Bertz CT molecular complexity index is 1470. The van der Waals surface area contributed by atoms with Gasteiger partial charge >= 0.3 is 0 Å². The highest BCUT2D eigenvalue weighted by atomic mass is 79.9. The first-order chi connectivity index (χ1) is 18.4. The Morgan fingerprint density at radius 1 is 1.03 bits per heavy atom. The van der Waals surface area contributed by atoms with Gasteiger partial charge in [-0.25, -0.2) is 8.42 Å². The Morgan fingerprint density at radius 2 is 1.69 bits per heavy atom. The van der Waals surface area contributed by atoms with E-state index in [-0.39, 0.29) is 11.4 Å². The Balaban J connectivity index is 2.06. The minimum absolute atomic E-state index is 0.000177. The summed E-state index contributed by atoms with van der Waals surface area (Å²) in [5, 5.41) is 3.18. The van der Waals surface area contributed by atoms with Crippen LogP contribution in [0.3, 0.4) is 0 Å². The number of carbonyl (C=O) groups excluding carboxylic acids is 2. The van der Waals surface area contributed by atoms with E-state index >= 15 is 0 Å². The number of aryl methyl sites for hydroxylation is 1. The lowest BCUT2D eigenvalue weighted by atomic mass is 10.1. The molecule has 0 aromatic heterocycles. The van der Waals surface area contributed by atoms with Crippen molar-refractivity contribution in [3.8, 4) is 5.75 Å². The van der Waals surface area contributed by atoms with Crippen LogP contribution in [0.4, 0.5) is 5.69 Å². The predicted octanol–water partition coefficient (Wildman–Crippen LogP) is 5.43. The quantitative estimate of drug-likeness (QED) is 0.314. The number of methoxy groups -OCH3 is 1. The average molecular weight is 657 g/mol. The highest BCUT2D eigenvalue weighted by Gasteiger charge is 2.32. The molecule has 3 aromatic rings. The first-order valence-electron chi connectivity index (χ1n) is 11.8. The Kier molecular flexibility index (Phi) is 10.3. The van der Waals surface area contributed by atoms with Gasteiger partial charge in [0.25, 0.3) is 10.0 Å². The van der Waals surface area contributed by atoms with E-state index in [4.69, 9.17) is 27.9 Å². The maximum Gasteiger partial charge on any atom is 0.264 e. The molecule has 8 nitrogen and oxygen atoms in total. The molecule has 0 heterocycles. The second kappa shape index (κ2) is 13.0. The monoisotopic (exact) mass is 655 g/mol. The number of ether oxygens (including phenoxy) is 1. The fraction of sp³-hybridized carbons (Fsp3) is 0.259. The SMILES string of the molecule is CNC(=O)C(C)N(Cc1ccc(Cl)c(Cl)c1)C(=O)CN(c1ccc(C)cc1)S(=O)(=O)c1ccc(OC)c(Br)c1. The predicted molar refractivity (Wildman–Crippen MR) is 157 cm³/mol. The zero-order chi connectivity index (χ0) is 28.9. The fourth-order valence-electron chi connectivity index (χ4n) is 3.80. The normalized spacial score (nSPS) is 12.0. The van der Waals surface area contributed by atoms with Gasteiger partial charge in [0.05, 0.1) is 32.2 Å². The maximum atomic E-state index is 13.9. The van der Waals surface area contributed by atoms with Crippen LogP contribution in [0, 0.1) is 6.92 Å². The molecule has 0 bridgehead atoms. The number of rotatable bonds is 10. The number of likely N-dealkylation sites (N-methyl/N-ethyl adjacent to an activating group) is 1. The van der Waals surface area contributed by atoms with E-state index in [2.05, 4.69) is 21.2 Å². The van der Waals surface area contributed by atoms with Crippen LogP contribution in [0.5, 0.6) is 5.75 Å². The number of nitrogens with zero attached hydrogens (tertiary/aromatic N) is 2. The molecule has 1 atom stereocenters. The molecule has 0 radical (unpaired) electrons. The number of hydrogen-bond acceptors (Lipinski definition) is 5. The van der Waals surface area contributed by atoms with Crippen LogP contribution >= 0.6 is 39.1 Å². The van der Waals surface area contributed by atoms with Crippen molar-refractivity contribution in [2.45, 2.75) is 31.3 Å². The number of sulfonamides is 1. The van der Waals surface area contributed by atoms with Gasteiger partial charge in [0, 0.05) is 13.6 Å². The Hall–Kier alpha value is -2.79. The number of carbonyl (C=O) groups is 2. The Morgan fingerprint density at radius 3 is 2.26 bits per heavy atom. The lowest BCUT2D eigenvalue weighted by Crippen LogP contribution is -2.50. The van der Waals surface area contributed by atoms with Crippen LogP contribution in [0.25, 0.3) is 0 Å². The van der Waals surface area contributed by atoms with E-state index in [9.17, 15) is 18.0 Å². The van der Waals surface area contributed by atoms with E-state index in [1.807, 2.05) is 6.92 Å². The molecule has 0 fully saturated rings. The number of amides is 2. The molecule has 1 N–H and O–H groups in total. The summed E-state index contributed by atoms with van der Waals surface area (Å²) in [7, 11) is -1.28. The molecule has 2 amide bonds. The largest absolute Gasteiger partial charge is 0.496 e. The zero-order valence-corrected chi connectivity index (χ0v) is 25.7. The van der Waals surface area contributed by atoms with Crippen LogP contribution in [0.1, 0.15) is 18.1 Å². The zero-order valence-electron chi connectivity index (χ0n) is 21.7. The van der Waals surface area contributed by atoms with Gasteiger partial charge in [-0.3, -0.25) is 13.9 Å². The van der Waals surface area contributed by atoms with Gasteiger partial charge in [-0.1, -0.05) is 47.0 Å². The minimum Gasteiger partial charge on any atom is -0.496 e.